The second kappa shape index (κ2) is 7.99. The molecule has 1 aliphatic heterocycles. The fourth-order valence-electron chi connectivity index (χ4n) is 3.12. The van der Waals surface area contributed by atoms with Crippen molar-refractivity contribution in [2.24, 2.45) is 5.92 Å². The van der Waals surface area contributed by atoms with Crippen molar-refractivity contribution in [3.8, 4) is 5.75 Å². The fourth-order valence-corrected chi connectivity index (χ4v) is 3.41. The number of benzene rings is 1. The lowest BCUT2D eigenvalue weighted by atomic mass is 9.97. The maximum absolute atomic E-state index is 12.7. The van der Waals surface area contributed by atoms with E-state index < -0.39 is 11.7 Å². The monoisotopic (exact) mass is 412 g/mol. The molecule has 0 spiro atoms. The Labute approximate surface area is 166 Å². The van der Waals surface area contributed by atoms with Crippen LogP contribution in [0, 0.1) is 19.8 Å². The molecule has 0 unspecified atom stereocenters. The average Bonchev–Trinajstić information content (AvgIpc) is 2.64. The van der Waals surface area contributed by atoms with Crippen LogP contribution in [0.2, 0.25) is 5.02 Å². The number of carbonyl (C=O) groups is 1. The molecule has 150 valence electrons. The maximum atomic E-state index is 12.7. The summed E-state index contributed by atoms with van der Waals surface area (Å²) in [7, 11) is 0. The number of halogens is 4. The molecule has 0 amide bonds. The quantitative estimate of drug-likeness (QED) is 0.513. The minimum Gasteiger partial charge on any atom is -0.426 e. The summed E-state index contributed by atoms with van der Waals surface area (Å²) >= 11 is 6.01. The van der Waals surface area contributed by atoms with E-state index >= 15 is 0 Å². The largest absolute Gasteiger partial charge is 0.426 e. The van der Waals surface area contributed by atoms with E-state index in [1.165, 1.54) is 0 Å². The van der Waals surface area contributed by atoms with Crippen LogP contribution in [0.15, 0.2) is 30.5 Å². The lowest BCUT2D eigenvalue weighted by Gasteiger charge is -2.32. The number of hydrogen-bond donors (Lipinski definition) is 0. The highest BCUT2D eigenvalue weighted by atomic mass is 35.5. The van der Waals surface area contributed by atoms with Crippen LogP contribution in [0.3, 0.4) is 0 Å². The SMILES string of the molecule is Cc1ccc(OC(=O)C2CCN(c3ncc(C(F)(F)F)cc3Cl)CC2)cc1C. The summed E-state index contributed by atoms with van der Waals surface area (Å²) < 4.78 is 43.7. The van der Waals surface area contributed by atoms with Crippen LogP contribution >= 0.6 is 11.6 Å². The average molecular weight is 413 g/mol. The molecular formula is C20H20ClF3N2O2. The van der Waals surface area contributed by atoms with Crippen molar-refractivity contribution in [2.45, 2.75) is 32.9 Å². The molecule has 2 aromatic rings. The van der Waals surface area contributed by atoms with Gasteiger partial charge in [-0.1, -0.05) is 17.7 Å². The van der Waals surface area contributed by atoms with Gasteiger partial charge in [0.2, 0.25) is 0 Å². The zero-order valence-electron chi connectivity index (χ0n) is 15.5. The molecule has 0 N–H and O–H groups in total. The van der Waals surface area contributed by atoms with Crippen molar-refractivity contribution >= 4 is 23.4 Å². The molecule has 1 aromatic carbocycles. The van der Waals surface area contributed by atoms with Crippen LogP contribution in [0.25, 0.3) is 0 Å². The Balaban J connectivity index is 1.61. The zero-order chi connectivity index (χ0) is 20.5. The molecule has 0 bridgehead atoms. The van der Waals surface area contributed by atoms with Crippen molar-refractivity contribution in [1.29, 1.82) is 0 Å². The molecule has 28 heavy (non-hydrogen) atoms. The third-order valence-corrected chi connectivity index (χ3v) is 5.25. The predicted molar refractivity (Wildman–Crippen MR) is 101 cm³/mol. The van der Waals surface area contributed by atoms with Crippen molar-refractivity contribution in [1.82, 2.24) is 4.98 Å². The van der Waals surface area contributed by atoms with Crippen molar-refractivity contribution in [2.75, 3.05) is 18.0 Å². The third kappa shape index (κ3) is 4.58. The van der Waals surface area contributed by atoms with E-state index in [2.05, 4.69) is 4.98 Å². The van der Waals surface area contributed by atoms with Crippen LogP contribution in [-0.4, -0.2) is 24.0 Å². The summed E-state index contributed by atoms with van der Waals surface area (Å²) in [6, 6.07) is 6.37. The van der Waals surface area contributed by atoms with Gasteiger partial charge in [0.25, 0.3) is 0 Å². The Morgan fingerprint density at radius 3 is 2.43 bits per heavy atom. The first-order valence-electron chi connectivity index (χ1n) is 8.92. The Hall–Kier alpha value is -2.28. The maximum Gasteiger partial charge on any atom is 0.417 e. The zero-order valence-corrected chi connectivity index (χ0v) is 16.3. The van der Waals surface area contributed by atoms with Crippen LogP contribution in [-0.2, 0) is 11.0 Å². The van der Waals surface area contributed by atoms with Gasteiger partial charge in [0.1, 0.15) is 11.6 Å². The lowest BCUT2D eigenvalue weighted by Crippen LogP contribution is -2.38. The van der Waals surface area contributed by atoms with Crippen molar-refractivity contribution < 1.29 is 22.7 Å². The number of hydrogen-bond acceptors (Lipinski definition) is 4. The number of alkyl halides is 3. The van der Waals surface area contributed by atoms with Gasteiger partial charge in [0, 0.05) is 19.3 Å². The number of aromatic nitrogens is 1. The first kappa shape index (κ1) is 20.5. The number of aryl methyl sites for hydroxylation is 2. The van der Waals surface area contributed by atoms with Crippen LogP contribution in [0.5, 0.6) is 5.75 Å². The third-order valence-electron chi connectivity index (χ3n) is 4.97. The second-order valence-electron chi connectivity index (χ2n) is 6.96. The van der Waals surface area contributed by atoms with E-state index in [0.717, 1.165) is 23.4 Å². The number of carbonyl (C=O) groups excluding carboxylic acids is 1. The van der Waals surface area contributed by atoms with E-state index in [-0.39, 0.29) is 16.9 Å². The van der Waals surface area contributed by atoms with E-state index in [1.807, 2.05) is 26.0 Å². The van der Waals surface area contributed by atoms with E-state index in [9.17, 15) is 18.0 Å². The molecule has 1 fully saturated rings. The topological polar surface area (TPSA) is 42.4 Å². The number of nitrogens with zero attached hydrogens (tertiary/aromatic N) is 2. The van der Waals surface area contributed by atoms with Crippen LogP contribution in [0.1, 0.15) is 29.5 Å². The highest BCUT2D eigenvalue weighted by Gasteiger charge is 2.33. The summed E-state index contributed by atoms with van der Waals surface area (Å²) in [5.41, 5.74) is 1.28. The molecule has 1 aromatic heterocycles. The van der Waals surface area contributed by atoms with E-state index in [1.54, 1.807) is 11.0 Å². The van der Waals surface area contributed by atoms with Gasteiger partial charge in [-0.25, -0.2) is 4.98 Å². The fraction of sp³-hybridized carbons (Fsp3) is 0.400. The predicted octanol–water partition coefficient (Wildman–Crippen LogP) is 5.19. The summed E-state index contributed by atoms with van der Waals surface area (Å²) in [5, 5.41) is -0.0500. The number of rotatable bonds is 3. The van der Waals surface area contributed by atoms with Crippen molar-refractivity contribution in [3.05, 3.63) is 52.2 Å². The van der Waals surface area contributed by atoms with E-state index in [4.69, 9.17) is 16.3 Å². The summed E-state index contributed by atoms with van der Waals surface area (Å²) in [6.07, 6.45) is -2.67. The first-order valence-corrected chi connectivity index (χ1v) is 9.29. The molecule has 8 heteroatoms. The molecule has 0 atom stereocenters. The molecule has 3 rings (SSSR count). The van der Waals surface area contributed by atoms with Gasteiger partial charge in [-0.2, -0.15) is 13.2 Å². The molecule has 1 saturated heterocycles. The summed E-state index contributed by atoms with van der Waals surface area (Å²) in [6.45, 7) is 4.86. The van der Waals surface area contributed by atoms with Gasteiger partial charge >= 0.3 is 12.1 Å². The lowest BCUT2D eigenvalue weighted by molar-refractivity contribution is -0.140. The Morgan fingerprint density at radius 1 is 1.18 bits per heavy atom. The molecule has 1 aliphatic rings. The molecule has 4 nitrogen and oxygen atoms in total. The number of piperidine rings is 1. The minimum absolute atomic E-state index is 0.0500. The molecule has 2 heterocycles. The van der Waals surface area contributed by atoms with Gasteiger partial charge in [0.05, 0.1) is 16.5 Å². The molecule has 0 saturated carbocycles. The van der Waals surface area contributed by atoms with Gasteiger partial charge < -0.3 is 9.64 Å². The van der Waals surface area contributed by atoms with Crippen LogP contribution < -0.4 is 9.64 Å². The summed E-state index contributed by atoms with van der Waals surface area (Å²) in [4.78, 5) is 18.1. The number of esters is 1. The number of ether oxygens (including phenoxy) is 1. The van der Waals surface area contributed by atoms with Gasteiger partial charge in [-0.05, 0) is 56.0 Å². The van der Waals surface area contributed by atoms with Crippen molar-refractivity contribution in [3.63, 3.8) is 0 Å². The molecular weight excluding hydrogens is 393 g/mol. The minimum atomic E-state index is -4.49. The van der Waals surface area contributed by atoms with Gasteiger partial charge in [-0.15, -0.1) is 0 Å². The van der Waals surface area contributed by atoms with Gasteiger partial charge in [0.15, 0.2) is 0 Å². The smallest absolute Gasteiger partial charge is 0.417 e. The molecule has 0 aliphatic carbocycles. The Kier molecular flexibility index (Phi) is 5.84. The number of pyridine rings is 1. The van der Waals surface area contributed by atoms with Crippen LogP contribution in [0.4, 0.5) is 19.0 Å². The normalized spacial score (nSPS) is 15.6. The van der Waals surface area contributed by atoms with E-state index in [0.29, 0.717) is 37.5 Å². The standard InChI is InChI=1S/C20H20ClF3N2O2/c1-12-3-4-16(9-13(12)2)28-19(27)14-5-7-26(8-6-14)18-17(21)10-15(11-25-18)20(22,23)24/h3-4,9-11,14H,5-8H2,1-2H3. The highest BCUT2D eigenvalue weighted by Crippen LogP contribution is 2.34. The Bertz CT molecular complexity index is 878. The number of anilines is 1. The molecule has 0 radical (unpaired) electrons. The highest BCUT2D eigenvalue weighted by molar-refractivity contribution is 6.33. The Morgan fingerprint density at radius 2 is 1.86 bits per heavy atom. The first-order chi connectivity index (χ1) is 13.1. The summed E-state index contributed by atoms with van der Waals surface area (Å²) in [5.74, 6) is 0.249. The van der Waals surface area contributed by atoms with Gasteiger partial charge in [-0.3, -0.25) is 4.79 Å². The second-order valence-corrected chi connectivity index (χ2v) is 7.36.